The number of likely N-dealkylation sites (tertiary alicyclic amines) is 2. The Morgan fingerprint density at radius 2 is 1.89 bits per heavy atom. The van der Waals surface area contributed by atoms with Crippen LogP contribution in [0.25, 0.3) is 0 Å². The summed E-state index contributed by atoms with van der Waals surface area (Å²) in [5.41, 5.74) is 1.72. The molecule has 0 bridgehead atoms. The van der Waals surface area contributed by atoms with Gasteiger partial charge in [0.1, 0.15) is 0 Å². The Bertz CT molecular complexity index is 691. The highest BCUT2D eigenvalue weighted by Crippen LogP contribution is 2.41. The molecule has 5 rings (SSSR count). The van der Waals surface area contributed by atoms with Crippen LogP contribution in [-0.2, 0) is 11.3 Å². The molecule has 0 radical (unpaired) electrons. The summed E-state index contributed by atoms with van der Waals surface area (Å²) >= 11 is 0. The molecule has 4 fully saturated rings. The van der Waals surface area contributed by atoms with Gasteiger partial charge in [0.05, 0.1) is 12.0 Å². The molecular weight excluding hydrogens is 348 g/mol. The van der Waals surface area contributed by atoms with E-state index in [-0.39, 0.29) is 0 Å². The smallest absolute Gasteiger partial charge is 0.222 e. The molecule has 0 N–H and O–H groups in total. The number of hydrogen-bond donors (Lipinski definition) is 0. The summed E-state index contributed by atoms with van der Waals surface area (Å²) < 4.78 is 2.48. The Morgan fingerprint density at radius 1 is 1.04 bits per heavy atom. The average molecular weight is 385 g/mol. The van der Waals surface area contributed by atoms with E-state index in [0.717, 1.165) is 44.9 Å². The largest absolute Gasteiger partial charge is 0.342 e. The molecule has 1 spiro atoms. The normalized spacial score (nSPS) is 30.3. The quantitative estimate of drug-likeness (QED) is 0.770. The van der Waals surface area contributed by atoms with Gasteiger partial charge in [0, 0.05) is 50.3 Å². The van der Waals surface area contributed by atoms with Crippen molar-refractivity contribution in [3.05, 3.63) is 18.2 Å². The van der Waals surface area contributed by atoms with Crippen molar-refractivity contribution in [2.45, 2.75) is 83.2 Å². The van der Waals surface area contributed by atoms with Crippen LogP contribution in [0.2, 0.25) is 0 Å². The zero-order valence-electron chi connectivity index (χ0n) is 17.3. The van der Waals surface area contributed by atoms with Crippen LogP contribution in [0, 0.1) is 11.3 Å². The van der Waals surface area contributed by atoms with E-state index in [9.17, 15) is 4.79 Å². The molecule has 5 nitrogen and oxygen atoms in total. The van der Waals surface area contributed by atoms with Crippen molar-refractivity contribution in [1.29, 1.82) is 0 Å². The van der Waals surface area contributed by atoms with Crippen molar-refractivity contribution in [2.75, 3.05) is 26.2 Å². The molecule has 3 heterocycles. The number of hydrogen-bond acceptors (Lipinski definition) is 3. The van der Waals surface area contributed by atoms with E-state index in [0.29, 0.717) is 17.4 Å². The first-order chi connectivity index (χ1) is 13.7. The Kier molecular flexibility index (Phi) is 5.20. The summed E-state index contributed by atoms with van der Waals surface area (Å²) in [7, 11) is 0. The molecule has 2 aliphatic heterocycles. The zero-order chi connectivity index (χ0) is 19.0. The van der Waals surface area contributed by atoms with Crippen LogP contribution in [-0.4, -0.2) is 51.4 Å². The summed E-state index contributed by atoms with van der Waals surface area (Å²) in [6.45, 7) is 5.38. The van der Waals surface area contributed by atoms with Crippen molar-refractivity contribution in [2.24, 2.45) is 11.3 Å². The second-order valence-electron chi connectivity index (χ2n) is 10.1. The molecule has 2 saturated heterocycles. The number of rotatable bonds is 5. The van der Waals surface area contributed by atoms with Gasteiger partial charge in [-0.15, -0.1) is 0 Å². The maximum absolute atomic E-state index is 12.4. The van der Waals surface area contributed by atoms with Crippen LogP contribution in [0.1, 0.15) is 82.4 Å². The van der Waals surface area contributed by atoms with Crippen LogP contribution in [0.15, 0.2) is 12.5 Å². The first kappa shape index (κ1) is 18.7. The van der Waals surface area contributed by atoms with E-state index in [1.807, 2.05) is 0 Å². The van der Waals surface area contributed by atoms with E-state index in [1.165, 1.54) is 70.0 Å². The van der Waals surface area contributed by atoms with Gasteiger partial charge in [0.25, 0.3) is 0 Å². The van der Waals surface area contributed by atoms with E-state index in [1.54, 1.807) is 0 Å². The molecule has 1 atom stereocenters. The summed E-state index contributed by atoms with van der Waals surface area (Å²) in [5, 5.41) is 0. The Hall–Kier alpha value is -1.36. The molecular formula is C23H36N4O. The van der Waals surface area contributed by atoms with Crippen LogP contribution in [0.5, 0.6) is 0 Å². The molecule has 28 heavy (non-hydrogen) atoms. The van der Waals surface area contributed by atoms with Crippen molar-refractivity contribution < 1.29 is 4.79 Å². The number of nitrogens with zero attached hydrogens (tertiary/aromatic N) is 4. The number of carbonyl (C=O) groups excluding carboxylic acids is 1. The summed E-state index contributed by atoms with van der Waals surface area (Å²) in [6, 6.07) is 0.659. The van der Waals surface area contributed by atoms with E-state index in [4.69, 9.17) is 0 Å². The third-order valence-corrected chi connectivity index (χ3v) is 7.76. The third kappa shape index (κ3) is 4.00. The topological polar surface area (TPSA) is 41.4 Å². The number of aromatic nitrogens is 2. The monoisotopic (exact) mass is 384 g/mol. The highest BCUT2D eigenvalue weighted by molar-refractivity contribution is 5.77. The fourth-order valence-electron chi connectivity index (χ4n) is 6.03. The van der Waals surface area contributed by atoms with Gasteiger partial charge in [-0.1, -0.05) is 19.3 Å². The molecule has 154 valence electrons. The van der Waals surface area contributed by atoms with Crippen molar-refractivity contribution in [3.8, 4) is 0 Å². The number of amides is 1. The lowest BCUT2D eigenvalue weighted by molar-refractivity contribution is -0.139. The predicted octanol–water partition coefficient (Wildman–Crippen LogP) is 4.00. The second-order valence-corrected chi connectivity index (χ2v) is 10.1. The molecule has 0 unspecified atom stereocenters. The summed E-state index contributed by atoms with van der Waals surface area (Å²) in [5.74, 6) is 1.20. The minimum Gasteiger partial charge on any atom is -0.342 e. The van der Waals surface area contributed by atoms with Crippen molar-refractivity contribution in [3.63, 3.8) is 0 Å². The van der Waals surface area contributed by atoms with Crippen molar-refractivity contribution >= 4 is 5.91 Å². The van der Waals surface area contributed by atoms with Crippen LogP contribution >= 0.6 is 0 Å². The van der Waals surface area contributed by atoms with Gasteiger partial charge < -0.3 is 9.47 Å². The Labute approximate surface area is 169 Å². The van der Waals surface area contributed by atoms with Gasteiger partial charge in [0.15, 0.2) is 0 Å². The van der Waals surface area contributed by atoms with Crippen LogP contribution < -0.4 is 0 Å². The highest BCUT2D eigenvalue weighted by Gasteiger charge is 2.42. The molecule has 1 aromatic heterocycles. The molecule has 0 aromatic carbocycles. The van der Waals surface area contributed by atoms with Crippen molar-refractivity contribution in [1.82, 2.24) is 19.4 Å². The SMILES string of the molecule is O=C1CC[C@]2(CCCN(Cc3cncn3C3CCCCC3)C2)CN1CC1CC1. The Balaban J connectivity index is 1.25. The second kappa shape index (κ2) is 7.81. The maximum atomic E-state index is 12.4. The number of imidazole rings is 1. The van der Waals surface area contributed by atoms with Crippen LogP contribution in [0.4, 0.5) is 0 Å². The summed E-state index contributed by atoms with van der Waals surface area (Å²) in [6.07, 6.45) is 18.0. The minimum absolute atomic E-state index is 0.330. The fraction of sp³-hybridized carbons (Fsp3) is 0.826. The predicted molar refractivity (Wildman–Crippen MR) is 110 cm³/mol. The third-order valence-electron chi connectivity index (χ3n) is 7.76. The molecule has 4 aliphatic rings. The van der Waals surface area contributed by atoms with Crippen LogP contribution in [0.3, 0.4) is 0 Å². The molecule has 2 saturated carbocycles. The minimum atomic E-state index is 0.330. The maximum Gasteiger partial charge on any atom is 0.222 e. The van der Waals surface area contributed by atoms with E-state index < -0.39 is 0 Å². The van der Waals surface area contributed by atoms with E-state index in [2.05, 4.69) is 31.9 Å². The van der Waals surface area contributed by atoms with Gasteiger partial charge in [-0.2, -0.15) is 0 Å². The van der Waals surface area contributed by atoms with E-state index >= 15 is 0 Å². The zero-order valence-corrected chi connectivity index (χ0v) is 17.3. The lowest BCUT2D eigenvalue weighted by Crippen LogP contribution is -2.54. The van der Waals surface area contributed by atoms with Gasteiger partial charge in [0.2, 0.25) is 5.91 Å². The fourth-order valence-corrected chi connectivity index (χ4v) is 6.03. The first-order valence-corrected chi connectivity index (χ1v) is 11.7. The lowest BCUT2D eigenvalue weighted by atomic mass is 9.73. The Morgan fingerprint density at radius 3 is 2.71 bits per heavy atom. The lowest BCUT2D eigenvalue weighted by Gasteiger charge is -2.48. The molecule has 5 heteroatoms. The number of piperidine rings is 2. The summed E-state index contributed by atoms with van der Waals surface area (Å²) in [4.78, 5) is 21.8. The van der Waals surface area contributed by atoms with Gasteiger partial charge in [-0.05, 0) is 57.4 Å². The average Bonchev–Trinajstić information content (AvgIpc) is 3.41. The van der Waals surface area contributed by atoms with Gasteiger partial charge in [-0.25, -0.2) is 4.98 Å². The number of carbonyl (C=O) groups is 1. The van der Waals surface area contributed by atoms with Gasteiger partial charge in [-0.3, -0.25) is 9.69 Å². The molecule has 1 amide bonds. The standard InChI is InChI=1S/C23H36N4O/c28-22-9-11-23(17-26(22)14-19-7-8-19)10-4-12-25(16-23)15-21-13-24-18-27(21)20-5-2-1-3-6-20/h13,18-20H,1-12,14-17H2/t23-/m0/s1. The first-order valence-electron chi connectivity index (χ1n) is 11.7. The molecule has 2 aliphatic carbocycles. The molecule has 1 aromatic rings. The van der Waals surface area contributed by atoms with Gasteiger partial charge >= 0.3 is 0 Å². The highest BCUT2D eigenvalue weighted by atomic mass is 16.2.